The second-order valence-electron chi connectivity index (χ2n) is 6.41. The first kappa shape index (κ1) is 20.6. The van der Waals surface area contributed by atoms with E-state index >= 15 is 0 Å². The highest BCUT2D eigenvalue weighted by Crippen LogP contribution is 2.48. The van der Waals surface area contributed by atoms with E-state index in [1.54, 1.807) is 19.3 Å². The molecular formula is C23H24O6. The number of carbonyl (C=O) groups is 1. The van der Waals surface area contributed by atoms with E-state index in [1.807, 2.05) is 37.3 Å². The predicted octanol–water partition coefficient (Wildman–Crippen LogP) is 4.31. The summed E-state index contributed by atoms with van der Waals surface area (Å²) in [5.41, 5.74) is 2.62. The summed E-state index contributed by atoms with van der Waals surface area (Å²) >= 11 is 0. The first-order chi connectivity index (χ1) is 14.1. The van der Waals surface area contributed by atoms with E-state index < -0.39 is 0 Å². The molecule has 0 atom stereocenters. The molecule has 0 bridgehead atoms. The summed E-state index contributed by atoms with van der Waals surface area (Å²) in [7, 11) is 3.06. The molecule has 2 aromatic rings. The Kier molecular flexibility index (Phi) is 6.69. The number of hydrogen-bond acceptors (Lipinski definition) is 6. The van der Waals surface area contributed by atoms with Gasteiger partial charge in [-0.25, -0.2) is 0 Å². The van der Waals surface area contributed by atoms with Crippen LogP contribution < -0.4 is 14.2 Å². The van der Waals surface area contributed by atoms with Crippen LogP contribution in [-0.2, 0) is 15.9 Å². The van der Waals surface area contributed by atoms with Crippen LogP contribution in [-0.4, -0.2) is 33.6 Å². The lowest BCUT2D eigenvalue weighted by molar-refractivity contribution is 0.0442. The molecule has 6 nitrogen and oxygen atoms in total. The van der Waals surface area contributed by atoms with Gasteiger partial charge in [0.25, 0.3) is 0 Å². The van der Waals surface area contributed by atoms with E-state index in [-0.39, 0.29) is 25.1 Å². The van der Waals surface area contributed by atoms with E-state index in [0.717, 1.165) is 11.1 Å². The van der Waals surface area contributed by atoms with Crippen molar-refractivity contribution in [2.45, 2.75) is 13.3 Å². The third kappa shape index (κ3) is 4.18. The fourth-order valence-electron chi connectivity index (χ4n) is 3.21. The van der Waals surface area contributed by atoms with Crippen molar-refractivity contribution in [2.75, 3.05) is 27.8 Å². The Morgan fingerprint density at radius 2 is 1.69 bits per heavy atom. The summed E-state index contributed by atoms with van der Waals surface area (Å²) in [5, 5.41) is 0. The average molecular weight is 396 g/mol. The maximum Gasteiger partial charge on any atom is 0.235 e. The Hall–Kier alpha value is -3.09. The predicted molar refractivity (Wildman–Crippen MR) is 109 cm³/mol. The van der Waals surface area contributed by atoms with E-state index in [4.69, 9.17) is 23.7 Å². The van der Waals surface area contributed by atoms with Gasteiger partial charge >= 0.3 is 0 Å². The van der Waals surface area contributed by atoms with Crippen LogP contribution in [0, 0.1) is 6.92 Å². The second kappa shape index (κ2) is 9.41. The van der Waals surface area contributed by atoms with Crippen LogP contribution in [0.2, 0.25) is 0 Å². The minimum absolute atomic E-state index is 0.0111. The van der Waals surface area contributed by atoms with Gasteiger partial charge in [0.05, 0.1) is 0 Å². The monoisotopic (exact) mass is 396 g/mol. The van der Waals surface area contributed by atoms with E-state index in [0.29, 0.717) is 34.8 Å². The topological polar surface area (TPSA) is 63.2 Å². The number of fused-ring (bicyclic) bond motifs is 1. The quantitative estimate of drug-likeness (QED) is 0.358. The van der Waals surface area contributed by atoms with Gasteiger partial charge in [-0.3, -0.25) is 4.79 Å². The van der Waals surface area contributed by atoms with E-state index in [9.17, 15) is 4.79 Å². The number of carbonyl (C=O) groups excluding carboxylic acids is 1. The molecule has 0 amide bonds. The van der Waals surface area contributed by atoms with Gasteiger partial charge in [-0.05, 0) is 25.0 Å². The van der Waals surface area contributed by atoms with Crippen molar-refractivity contribution in [3.05, 3.63) is 71.0 Å². The molecule has 29 heavy (non-hydrogen) atoms. The Labute approximate surface area is 170 Å². The molecule has 1 heterocycles. The lowest BCUT2D eigenvalue weighted by atomic mass is 9.97. The van der Waals surface area contributed by atoms with Crippen LogP contribution in [0.5, 0.6) is 17.2 Å². The van der Waals surface area contributed by atoms with Gasteiger partial charge in [0.1, 0.15) is 22.8 Å². The third-order valence-corrected chi connectivity index (χ3v) is 4.43. The lowest BCUT2D eigenvalue weighted by Gasteiger charge is -2.19. The molecule has 0 saturated carbocycles. The fourth-order valence-corrected chi connectivity index (χ4v) is 3.21. The van der Waals surface area contributed by atoms with E-state index in [1.165, 1.54) is 7.11 Å². The molecule has 0 aliphatic carbocycles. The number of methoxy groups -OCH3 is 2. The largest absolute Gasteiger partial charge is 0.467 e. The minimum Gasteiger partial charge on any atom is -0.467 e. The smallest absolute Gasteiger partial charge is 0.235 e. The maximum absolute atomic E-state index is 13.2. The fraction of sp³-hybridized carbons (Fsp3) is 0.261. The molecule has 0 unspecified atom stereocenters. The number of benzene rings is 2. The number of allylic oxidation sites excluding steroid dienone is 2. The van der Waals surface area contributed by atoms with Gasteiger partial charge < -0.3 is 23.7 Å². The number of ketones is 1. The summed E-state index contributed by atoms with van der Waals surface area (Å²) in [4.78, 5) is 13.2. The van der Waals surface area contributed by atoms with Gasteiger partial charge in [-0.2, -0.15) is 0 Å². The molecule has 6 heteroatoms. The molecule has 0 radical (unpaired) electrons. The molecule has 1 aliphatic heterocycles. The van der Waals surface area contributed by atoms with Crippen LogP contribution in [0.25, 0.3) is 6.08 Å². The normalized spacial score (nSPS) is 13.9. The molecule has 1 aliphatic rings. The SMILES string of the molecule is C=CCc1c(OCOC)c(C)c(OCOC)c2c1OC(=Cc1ccccc1)C2=O. The summed E-state index contributed by atoms with van der Waals surface area (Å²) in [5.74, 6) is 1.32. The Morgan fingerprint density at radius 1 is 1.03 bits per heavy atom. The molecule has 3 rings (SSSR count). The van der Waals surface area contributed by atoms with Crippen molar-refractivity contribution < 1.29 is 28.5 Å². The molecule has 0 saturated heterocycles. The highest BCUT2D eigenvalue weighted by molar-refractivity contribution is 6.17. The zero-order valence-electron chi connectivity index (χ0n) is 16.8. The third-order valence-electron chi connectivity index (χ3n) is 4.43. The van der Waals surface area contributed by atoms with E-state index in [2.05, 4.69) is 6.58 Å². The molecule has 0 fully saturated rings. The van der Waals surface area contributed by atoms with Crippen molar-refractivity contribution in [1.82, 2.24) is 0 Å². The van der Waals surface area contributed by atoms with Crippen molar-refractivity contribution in [1.29, 1.82) is 0 Å². The first-order valence-corrected chi connectivity index (χ1v) is 9.15. The molecule has 0 N–H and O–H groups in total. The van der Waals surface area contributed by atoms with Crippen LogP contribution in [0.4, 0.5) is 0 Å². The van der Waals surface area contributed by atoms with Gasteiger partial charge in [0.2, 0.25) is 5.78 Å². The number of rotatable bonds is 9. The Morgan fingerprint density at radius 3 is 2.31 bits per heavy atom. The van der Waals surface area contributed by atoms with Crippen LogP contribution >= 0.6 is 0 Å². The Bertz CT molecular complexity index is 930. The number of ether oxygens (including phenoxy) is 5. The van der Waals surface area contributed by atoms with Crippen molar-refractivity contribution in [3.8, 4) is 17.2 Å². The van der Waals surface area contributed by atoms with Crippen LogP contribution in [0.15, 0.2) is 48.7 Å². The zero-order valence-corrected chi connectivity index (χ0v) is 16.8. The average Bonchev–Trinajstić information content (AvgIpc) is 3.04. The minimum atomic E-state index is -0.248. The highest BCUT2D eigenvalue weighted by Gasteiger charge is 2.37. The van der Waals surface area contributed by atoms with Gasteiger partial charge in [0, 0.05) is 25.3 Å². The summed E-state index contributed by atoms with van der Waals surface area (Å²) < 4.78 is 27.7. The highest BCUT2D eigenvalue weighted by atomic mass is 16.7. The van der Waals surface area contributed by atoms with Crippen molar-refractivity contribution in [3.63, 3.8) is 0 Å². The summed E-state index contributed by atoms with van der Waals surface area (Å²) in [6.45, 7) is 5.68. The van der Waals surface area contributed by atoms with Gasteiger partial charge in [-0.1, -0.05) is 36.4 Å². The summed E-state index contributed by atoms with van der Waals surface area (Å²) in [6, 6.07) is 9.51. The maximum atomic E-state index is 13.2. The standard InChI is InChI=1S/C23H24O6/c1-5-9-17-21(27-13-25-3)15(2)22(28-14-26-4)19-20(24)18(29-23(17)19)12-16-10-7-6-8-11-16/h5-8,10-12H,1,9,13-14H2,2-4H3. The Balaban J connectivity index is 2.17. The molecule has 0 aromatic heterocycles. The van der Waals surface area contributed by atoms with Crippen molar-refractivity contribution in [2.24, 2.45) is 0 Å². The zero-order chi connectivity index (χ0) is 20.8. The molecule has 0 spiro atoms. The lowest BCUT2D eigenvalue weighted by Crippen LogP contribution is -2.10. The van der Waals surface area contributed by atoms with Gasteiger partial charge in [-0.15, -0.1) is 6.58 Å². The van der Waals surface area contributed by atoms with Crippen LogP contribution in [0.3, 0.4) is 0 Å². The molecule has 152 valence electrons. The molecular weight excluding hydrogens is 372 g/mol. The number of Topliss-reactive ketones (excluding diaryl/α,β-unsaturated/α-hetero) is 1. The first-order valence-electron chi connectivity index (χ1n) is 9.15. The van der Waals surface area contributed by atoms with Crippen molar-refractivity contribution >= 4 is 11.9 Å². The molecule has 2 aromatic carbocycles. The second-order valence-corrected chi connectivity index (χ2v) is 6.41. The number of hydrogen-bond donors (Lipinski definition) is 0. The summed E-state index contributed by atoms with van der Waals surface area (Å²) in [6.07, 6.45) is 3.90. The van der Waals surface area contributed by atoms with Crippen LogP contribution in [0.1, 0.15) is 27.0 Å². The van der Waals surface area contributed by atoms with Gasteiger partial charge in [0.15, 0.2) is 19.3 Å².